The molecule has 0 aliphatic carbocycles. The Morgan fingerprint density at radius 2 is 1.87 bits per heavy atom. The summed E-state index contributed by atoms with van der Waals surface area (Å²) in [5.74, 6) is 0.327. The highest BCUT2D eigenvalue weighted by Gasteiger charge is 2.17. The van der Waals surface area contributed by atoms with Gasteiger partial charge in [0.25, 0.3) is 0 Å². The highest BCUT2D eigenvalue weighted by Crippen LogP contribution is 2.30. The summed E-state index contributed by atoms with van der Waals surface area (Å²) in [7, 11) is 4.75. The minimum atomic E-state index is -0.462. The summed E-state index contributed by atoms with van der Waals surface area (Å²) in [5, 5.41) is 4.49. The number of carbonyl (C=O) groups excluding carboxylic acids is 1. The summed E-state index contributed by atoms with van der Waals surface area (Å²) in [5.41, 5.74) is 6.02. The fraction of sp³-hybridized carbons (Fsp3) is 0.250. The molecular weight excluding hydrogens is 380 g/mol. The first-order valence-electron chi connectivity index (χ1n) is 9.58. The van der Waals surface area contributed by atoms with Gasteiger partial charge in [-0.05, 0) is 54.3 Å². The quantitative estimate of drug-likeness (QED) is 0.330. The lowest BCUT2D eigenvalue weighted by atomic mass is 10.0. The molecule has 0 saturated carbocycles. The number of esters is 1. The summed E-state index contributed by atoms with van der Waals surface area (Å²) in [6.07, 6.45) is 3.32. The standard InChI is InChI=1S/C24H26N2O4/c1-16-13-23(17(2)12-20(16)22-10-11-26(3)25-22)30-14-18-8-6-7-9-19(18)21(15-28-4)24(27)29-5/h6-13,15H,14H2,1-5H3. The zero-order valence-corrected chi connectivity index (χ0v) is 17.9. The predicted molar refractivity (Wildman–Crippen MR) is 116 cm³/mol. The first-order valence-corrected chi connectivity index (χ1v) is 9.58. The van der Waals surface area contributed by atoms with E-state index >= 15 is 0 Å². The van der Waals surface area contributed by atoms with Crippen LogP contribution in [0.5, 0.6) is 5.75 Å². The normalized spacial score (nSPS) is 11.3. The van der Waals surface area contributed by atoms with Crippen LogP contribution in [0.1, 0.15) is 22.3 Å². The van der Waals surface area contributed by atoms with Crippen LogP contribution in [0.2, 0.25) is 0 Å². The van der Waals surface area contributed by atoms with Gasteiger partial charge >= 0.3 is 5.97 Å². The van der Waals surface area contributed by atoms with Gasteiger partial charge in [0.1, 0.15) is 17.9 Å². The van der Waals surface area contributed by atoms with E-state index in [1.807, 2.05) is 63.5 Å². The van der Waals surface area contributed by atoms with E-state index in [2.05, 4.69) is 11.2 Å². The van der Waals surface area contributed by atoms with Crippen molar-refractivity contribution in [1.82, 2.24) is 9.78 Å². The number of rotatable bonds is 7. The van der Waals surface area contributed by atoms with E-state index in [9.17, 15) is 4.79 Å². The van der Waals surface area contributed by atoms with Crippen LogP contribution < -0.4 is 4.74 Å². The van der Waals surface area contributed by atoms with Gasteiger partial charge in [0.15, 0.2) is 0 Å². The molecule has 1 aromatic heterocycles. The van der Waals surface area contributed by atoms with Gasteiger partial charge in [0.05, 0.1) is 26.2 Å². The Morgan fingerprint density at radius 1 is 1.10 bits per heavy atom. The van der Waals surface area contributed by atoms with Crippen molar-refractivity contribution in [3.63, 3.8) is 0 Å². The smallest absolute Gasteiger partial charge is 0.341 e. The SMILES string of the molecule is COC=C(C(=O)OC)c1ccccc1COc1cc(C)c(-c2ccn(C)n2)cc1C. The molecule has 0 N–H and O–H groups in total. The number of hydrogen-bond donors (Lipinski definition) is 0. The third-order valence-corrected chi connectivity index (χ3v) is 4.84. The van der Waals surface area contributed by atoms with Gasteiger partial charge in [0.2, 0.25) is 0 Å². The predicted octanol–water partition coefficient (Wildman–Crippen LogP) is 4.44. The molecule has 156 valence electrons. The van der Waals surface area contributed by atoms with Gasteiger partial charge in [-0.25, -0.2) is 4.79 Å². The fourth-order valence-corrected chi connectivity index (χ4v) is 3.29. The van der Waals surface area contributed by atoms with Crippen molar-refractivity contribution in [3.8, 4) is 17.0 Å². The Labute approximate surface area is 176 Å². The van der Waals surface area contributed by atoms with Crippen molar-refractivity contribution in [3.05, 3.63) is 77.2 Å². The summed E-state index contributed by atoms with van der Waals surface area (Å²) >= 11 is 0. The van der Waals surface area contributed by atoms with Gasteiger partial charge in [-0.15, -0.1) is 0 Å². The van der Waals surface area contributed by atoms with Crippen molar-refractivity contribution in [2.75, 3.05) is 14.2 Å². The second-order valence-corrected chi connectivity index (χ2v) is 7.01. The molecule has 6 heteroatoms. The van der Waals surface area contributed by atoms with Crippen LogP contribution in [0, 0.1) is 13.8 Å². The number of hydrogen-bond acceptors (Lipinski definition) is 5. The van der Waals surface area contributed by atoms with Crippen molar-refractivity contribution < 1.29 is 19.0 Å². The summed E-state index contributed by atoms with van der Waals surface area (Å²) in [6.45, 7) is 4.36. The molecular formula is C24H26N2O4. The van der Waals surface area contributed by atoms with Gasteiger partial charge < -0.3 is 14.2 Å². The molecule has 0 unspecified atom stereocenters. The second-order valence-electron chi connectivity index (χ2n) is 7.01. The van der Waals surface area contributed by atoms with E-state index < -0.39 is 5.97 Å². The molecule has 30 heavy (non-hydrogen) atoms. The number of methoxy groups -OCH3 is 2. The minimum Gasteiger partial charge on any atom is -0.503 e. The maximum Gasteiger partial charge on any atom is 0.341 e. The molecule has 3 aromatic rings. The van der Waals surface area contributed by atoms with Gasteiger partial charge in [0, 0.05) is 18.8 Å². The number of nitrogens with zero attached hydrogens (tertiary/aromatic N) is 2. The molecule has 0 amide bonds. The minimum absolute atomic E-state index is 0.303. The molecule has 0 spiro atoms. The largest absolute Gasteiger partial charge is 0.503 e. The molecule has 0 aliphatic heterocycles. The van der Waals surface area contributed by atoms with Crippen LogP contribution in [0.3, 0.4) is 0 Å². The third-order valence-electron chi connectivity index (χ3n) is 4.84. The highest BCUT2D eigenvalue weighted by molar-refractivity contribution is 6.16. The van der Waals surface area contributed by atoms with Gasteiger partial charge in [-0.1, -0.05) is 24.3 Å². The monoisotopic (exact) mass is 406 g/mol. The van der Waals surface area contributed by atoms with Gasteiger partial charge in [-0.2, -0.15) is 5.10 Å². The molecule has 2 aromatic carbocycles. The number of aryl methyl sites for hydroxylation is 3. The fourth-order valence-electron chi connectivity index (χ4n) is 3.29. The van der Waals surface area contributed by atoms with Crippen LogP contribution >= 0.6 is 0 Å². The Hall–Kier alpha value is -3.54. The Bertz CT molecular complexity index is 1080. The van der Waals surface area contributed by atoms with E-state index in [-0.39, 0.29) is 0 Å². The van der Waals surface area contributed by atoms with Gasteiger partial charge in [-0.3, -0.25) is 4.68 Å². The van der Waals surface area contributed by atoms with E-state index in [1.54, 1.807) is 4.68 Å². The zero-order valence-electron chi connectivity index (χ0n) is 17.9. The topological polar surface area (TPSA) is 62.6 Å². The van der Waals surface area contributed by atoms with Crippen LogP contribution in [0.25, 0.3) is 16.8 Å². The van der Waals surface area contributed by atoms with Crippen LogP contribution in [0.15, 0.2) is 54.9 Å². The lowest BCUT2D eigenvalue weighted by Crippen LogP contribution is -2.08. The molecule has 0 bridgehead atoms. The second kappa shape index (κ2) is 9.31. The number of aromatic nitrogens is 2. The molecule has 0 atom stereocenters. The summed E-state index contributed by atoms with van der Waals surface area (Å²) < 4.78 is 17.9. The van der Waals surface area contributed by atoms with Crippen molar-refractivity contribution >= 4 is 11.5 Å². The average molecular weight is 406 g/mol. The Kier molecular flexibility index (Phi) is 6.57. The maximum absolute atomic E-state index is 12.2. The van der Waals surface area contributed by atoms with E-state index in [4.69, 9.17) is 14.2 Å². The lowest BCUT2D eigenvalue weighted by molar-refractivity contribution is -0.133. The van der Waals surface area contributed by atoms with Crippen LogP contribution in [-0.4, -0.2) is 30.0 Å². The van der Waals surface area contributed by atoms with E-state index in [0.717, 1.165) is 33.7 Å². The number of benzene rings is 2. The first kappa shape index (κ1) is 21.2. The number of ether oxygens (including phenoxy) is 3. The maximum atomic E-state index is 12.2. The first-order chi connectivity index (χ1) is 14.4. The molecule has 0 radical (unpaired) electrons. The zero-order chi connectivity index (χ0) is 21.7. The number of carbonyl (C=O) groups is 1. The molecule has 6 nitrogen and oxygen atoms in total. The average Bonchev–Trinajstić information content (AvgIpc) is 3.18. The summed E-state index contributed by atoms with van der Waals surface area (Å²) in [4.78, 5) is 12.2. The van der Waals surface area contributed by atoms with Crippen molar-refractivity contribution in [2.45, 2.75) is 20.5 Å². The van der Waals surface area contributed by atoms with Crippen LogP contribution in [-0.2, 0) is 27.9 Å². The third kappa shape index (κ3) is 4.54. The molecule has 0 fully saturated rings. The Morgan fingerprint density at radius 3 is 2.53 bits per heavy atom. The Balaban J connectivity index is 1.87. The van der Waals surface area contributed by atoms with Crippen molar-refractivity contribution in [2.24, 2.45) is 7.05 Å². The summed E-state index contributed by atoms with van der Waals surface area (Å²) in [6, 6.07) is 13.6. The van der Waals surface area contributed by atoms with Crippen LogP contribution in [0.4, 0.5) is 0 Å². The molecule has 0 aliphatic rings. The van der Waals surface area contributed by atoms with E-state index in [1.165, 1.54) is 20.5 Å². The molecule has 0 saturated heterocycles. The lowest BCUT2D eigenvalue weighted by Gasteiger charge is -2.15. The van der Waals surface area contributed by atoms with Crippen molar-refractivity contribution in [1.29, 1.82) is 0 Å². The molecule has 1 heterocycles. The van der Waals surface area contributed by atoms with E-state index in [0.29, 0.717) is 17.7 Å². The highest BCUT2D eigenvalue weighted by atomic mass is 16.5. The molecule has 3 rings (SSSR count).